The maximum atomic E-state index is 12.8. The number of pyridine rings is 1. The Morgan fingerprint density at radius 2 is 2.11 bits per heavy atom. The summed E-state index contributed by atoms with van der Waals surface area (Å²) in [5, 5.41) is 13.5. The van der Waals surface area contributed by atoms with E-state index in [0.717, 1.165) is 12.1 Å². The molecule has 2 N–H and O–H groups in total. The van der Waals surface area contributed by atoms with Gasteiger partial charge in [-0.3, -0.25) is 4.98 Å². The van der Waals surface area contributed by atoms with E-state index < -0.39 is 5.60 Å². The first kappa shape index (κ1) is 15.1. The van der Waals surface area contributed by atoms with Crippen LogP contribution in [-0.2, 0) is 0 Å². The molecule has 0 aliphatic heterocycles. The van der Waals surface area contributed by atoms with Crippen molar-refractivity contribution in [2.24, 2.45) is 5.92 Å². The van der Waals surface area contributed by atoms with Crippen LogP contribution in [0.3, 0.4) is 0 Å². The van der Waals surface area contributed by atoms with E-state index in [-0.39, 0.29) is 17.8 Å². The minimum atomic E-state index is -0.756. The van der Waals surface area contributed by atoms with E-state index in [1.54, 1.807) is 6.07 Å². The van der Waals surface area contributed by atoms with Gasteiger partial charge in [-0.1, -0.05) is 20.8 Å². The van der Waals surface area contributed by atoms with Gasteiger partial charge in [0.1, 0.15) is 5.82 Å². The molecule has 3 nitrogen and oxygen atoms in total. The minimum Gasteiger partial charge on any atom is -0.389 e. The number of halogens is 1. The molecule has 0 aliphatic carbocycles. The van der Waals surface area contributed by atoms with Crippen molar-refractivity contribution in [3.8, 4) is 0 Å². The minimum absolute atomic E-state index is 0.0378. The van der Waals surface area contributed by atoms with Crippen LogP contribution >= 0.6 is 0 Å². The standard InChI is InChI=1S/C14H23FN2O/c1-5-12(13-7-6-11(15)8-16-13)17-9-14(4,18)10(2)3/h6-8,10,12,17-18H,5,9H2,1-4H3. The topological polar surface area (TPSA) is 45.1 Å². The first-order valence-corrected chi connectivity index (χ1v) is 6.44. The Labute approximate surface area is 108 Å². The normalized spacial score (nSPS) is 16.6. The third-order valence-corrected chi connectivity index (χ3v) is 3.47. The summed E-state index contributed by atoms with van der Waals surface area (Å²) >= 11 is 0. The quantitative estimate of drug-likeness (QED) is 0.820. The molecule has 0 aliphatic rings. The Kier molecular flexibility index (Phi) is 5.23. The first-order chi connectivity index (χ1) is 8.36. The Morgan fingerprint density at radius 3 is 2.56 bits per heavy atom. The van der Waals surface area contributed by atoms with Crippen LogP contribution in [0.2, 0.25) is 0 Å². The Bertz CT molecular complexity index is 363. The van der Waals surface area contributed by atoms with Gasteiger partial charge in [0.15, 0.2) is 0 Å². The van der Waals surface area contributed by atoms with Gasteiger partial charge in [-0.2, -0.15) is 0 Å². The Morgan fingerprint density at radius 1 is 1.44 bits per heavy atom. The van der Waals surface area contributed by atoms with Crippen LogP contribution in [0, 0.1) is 11.7 Å². The molecule has 0 aromatic carbocycles. The summed E-state index contributed by atoms with van der Waals surface area (Å²) in [6.07, 6.45) is 2.06. The zero-order valence-electron chi connectivity index (χ0n) is 11.6. The summed E-state index contributed by atoms with van der Waals surface area (Å²) in [4.78, 5) is 4.08. The van der Waals surface area contributed by atoms with E-state index in [9.17, 15) is 9.50 Å². The van der Waals surface area contributed by atoms with E-state index >= 15 is 0 Å². The fourth-order valence-electron chi connectivity index (χ4n) is 1.59. The van der Waals surface area contributed by atoms with Crippen molar-refractivity contribution in [2.45, 2.75) is 45.8 Å². The molecule has 1 aromatic rings. The summed E-state index contributed by atoms with van der Waals surface area (Å²) in [6.45, 7) is 8.31. The van der Waals surface area contributed by atoms with Crippen LogP contribution < -0.4 is 5.32 Å². The summed E-state index contributed by atoms with van der Waals surface area (Å²) < 4.78 is 12.8. The smallest absolute Gasteiger partial charge is 0.141 e. The van der Waals surface area contributed by atoms with Crippen molar-refractivity contribution >= 4 is 0 Å². The molecule has 102 valence electrons. The number of hydrogen-bond donors (Lipinski definition) is 2. The molecule has 0 saturated carbocycles. The van der Waals surface area contributed by atoms with Crippen molar-refractivity contribution in [2.75, 3.05) is 6.54 Å². The molecular formula is C14H23FN2O. The molecule has 1 aromatic heterocycles. The molecule has 18 heavy (non-hydrogen) atoms. The number of nitrogens with one attached hydrogen (secondary N) is 1. The number of rotatable bonds is 6. The monoisotopic (exact) mass is 254 g/mol. The van der Waals surface area contributed by atoms with Crippen LogP contribution in [0.5, 0.6) is 0 Å². The molecule has 0 fully saturated rings. The van der Waals surface area contributed by atoms with Crippen LogP contribution in [0.15, 0.2) is 18.3 Å². The van der Waals surface area contributed by atoms with Gasteiger partial charge in [0.25, 0.3) is 0 Å². The second-order valence-electron chi connectivity index (χ2n) is 5.25. The van der Waals surface area contributed by atoms with E-state index in [0.29, 0.717) is 6.54 Å². The highest BCUT2D eigenvalue weighted by Crippen LogP contribution is 2.19. The van der Waals surface area contributed by atoms with Gasteiger partial charge in [0, 0.05) is 12.6 Å². The first-order valence-electron chi connectivity index (χ1n) is 6.44. The molecule has 1 heterocycles. The summed E-state index contributed by atoms with van der Waals surface area (Å²) in [6, 6.07) is 3.13. The fraction of sp³-hybridized carbons (Fsp3) is 0.643. The number of hydrogen-bond acceptors (Lipinski definition) is 3. The van der Waals surface area contributed by atoms with Gasteiger partial charge in [-0.15, -0.1) is 0 Å². The highest BCUT2D eigenvalue weighted by atomic mass is 19.1. The number of nitrogens with zero attached hydrogens (tertiary/aromatic N) is 1. The van der Waals surface area contributed by atoms with Gasteiger partial charge < -0.3 is 10.4 Å². The highest BCUT2D eigenvalue weighted by molar-refractivity contribution is 5.09. The van der Waals surface area contributed by atoms with E-state index in [1.165, 1.54) is 12.3 Å². The van der Waals surface area contributed by atoms with Crippen molar-refractivity contribution in [3.63, 3.8) is 0 Å². The molecule has 0 saturated heterocycles. The fourth-order valence-corrected chi connectivity index (χ4v) is 1.59. The van der Waals surface area contributed by atoms with E-state index in [2.05, 4.69) is 10.3 Å². The van der Waals surface area contributed by atoms with Gasteiger partial charge in [0.2, 0.25) is 0 Å². The van der Waals surface area contributed by atoms with Crippen molar-refractivity contribution in [1.29, 1.82) is 0 Å². The second-order valence-corrected chi connectivity index (χ2v) is 5.25. The molecule has 2 unspecified atom stereocenters. The molecular weight excluding hydrogens is 231 g/mol. The predicted octanol–water partition coefficient (Wildman–Crippen LogP) is 2.67. The number of aliphatic hydroxyl groups is 1. The molecule has 0 spiro atoms. The van der Waals surface area contributed by atoms with Crippen LogP contribution in [0.25, 0.3) is 0 Å². The largest absolute Gasteiger partial charge is 0.389 e. The van der Waals surface area contributed by atoms with Gasteiger partial charge >= 0.3 is 0 Å². The third-order valence-electron chi connectivity index (χ3n) is 3.47. The van der Waals surface area contributed by atoms with E-state index in [4.69, 9.17) is 0 Å². The average Bonchev–Trinajstić information content (AvgIpc) is 2.31. The van der Waals surface area contributed by atoms with Gasteiger partial charge in [-0.05, 0) is 31.4 Å². The lowest BCUT2D eigenvalue weighted by atomic mass is 9.92. The molecule has 0 bridgehead atoms. The lowest BCUT2D eigenvalue weighted by Gasteiger charge is -2.30. The molecule has 0 radical (unpaired) electrons. The van der Waals surface area contributed by atoms with Crippen LogP contribution in [0.4, 0.5) is 4.39 Å². The van der Waals surface area contributed by atoms with E-state index in [1.807, 2.05) is 27.7 Å². The Balaban J connectivity index is 2.66. The molecule has 1 rings (SSSR count). The van der Waals surface area contributed by atoms with Crippen LogP contribution in [0.1, 0.15) is 45.9 Å². The SMILES string of the molecule is CCC(NCC(C)(O)C(C)C)c1ccc(F)cn1. The molecule has 4 heteroatoms. The molecule has 2 atom stereocenters. The van der Waals surface area contributed by atoms with Crippen molar-refractivity contribution < 1.29 is 9.50 Å². The third kappa shape index (κ3) is 4.03. The van der Waals surface area contributed by atoms with Gasteiger partial charge in [-0.25, -0.2) is 4.39 Å². The average molecular weight is 254 g/mol. The predicted molar refractivity (Wildman–Crippen MR) is 70.7 cm³/mol. The van der Waals surface area contributed by atoms with Crippen molar-refractivity contribution in [1.82, 2.24) is 10.3 Å². The summed E-state index contributed by atoms with van der Waals surface area (Å²) in [5.41, 5.74) is 0.0476. The van der Waals surface area contributed by atoms with Gasteiger partial charge in [0.05, 0.1) is 17.5 Å². The lowest BCUT2D eigenvalue weighted by Crippen LogP contribution is -2.43. The second kappa shape index (κ2) is 6.25. The Hall–Kier alpha value is -1.00. The summed E-state index contributed by atoms with van der Waals surface area (Å²) in [7, 11) is 0. The lowest BCUT2D eigenvalue weighted by molar-refractivity contribution is 0.0115. The zero-order valence-corrected chi connectivity index (χ0v) is 11.6. The maximum Gasteiger partial charge on any atom is 0.141 e. The highest BCUT2D eigenvalue weighted by Gasteiger charge is 2.25. The maximum absolute atomic E-state index is 12.8. The van der Waals surface area contributed by atoms with Crippen molar-refractivity contribution in [3.05, 3.63) is 29.8 Å². The number of aromatic nitrogens is 1. The summed E-state index contributed by atoms with van der Waals surface area (Å²) in [5.74, 6) is -0.161. The van der Waals surface area contributed by atoms with Crippen LogP contribution in [-0.4, -0.2) is 22.2 Å². The molecule has 0 amide bonds. The zero-order chi connectivity index (χ0) is 13.8.